The Morgan fingerprint density at radius 1 is 1.42 bits per heavy atom. The molecule has 1 aliphatic rings. The third-order valence-electron chi connectivity index (χ3n) is 4.22. The highest BCUT2D eigenvalue weighted by Crippen LogP contribution is 2.07. The summed E-state index contributed by atoms with van der Waals surface area (Å²) in [7, 11) is 1.79. The molecule has 150 valence electrons. The Labute approximate surface area is 174 Å². The normalized spacial score (nSPS) is 18.7. The van der Waals surface area contributed by atoms with Gasteiger partial charge in [0.2, 0.25) is 0 Å². The van der Waals surface area contributed by atoms with E-state index in [0.29, 0.717) is 5.92 Å². The number of aryl methyl sites for hydroxylation is 1. The maximum atomic E-state index is 5.87. The van der Waals surface area contributed by atoms with E-state index >= 15 is 0 Å². The number of aliphatic imine (C=N–C) groups is 1. The van der Waals surface area contributed by atoms with Crippen LogP contribution < -0.4 is 10.6 Å². The Kier molecular flexibility index (Phi) is 11.1. The summed E-state index contributed by atoms with van der Waals surface area (Å²) < 4.78 is 7.93. The quantitative estimate of drug-likeness (QED) is 0.329. The molecule has 1 saturated heterocycles. The molecule has 0 aliphatic carbocycles. The van der Waals surface area contributed by atoms with Crippen molar-refractivity contribution in [2.24, 2.45) is 10.9 Å². The van der Waals surface area contributed by atoms with Gasteiger partial charge in [-0.2, -0.15) is 0 Å². The van der Waals surface area contributed by atoms with Crippen molar-refractivity contribution >= 4 is 29.9 Å². The molecule has 2 heterocycles. The van der Waals surface area contributed by atoms with Crippen molar-refractivity contribution in [1.82, 2.24) is 30.3 Å². The summed E-state index contributed by atoms with van der Waals surface area (Å²) in [5, 5.41) is 14.8. The van der Waals surface area contributed by atoms with E-state index in [0.717, 1.165) is 64.1 Å². The molecule has 1 fully saturated rings. The van der Waals surface area contributed by atoms with Crippen LogP contribution in [-0.2, 0) is 17.7 Å². The fourth-order valence-electron chi connectivity index (χ4n) is 3.05. The fourth-order valence-corrected chi connectivity index (χ4v) is 3.05. The first-order valence-electron chi connectivity index (χ1n) is 9.27. The lowest BCUT2D eigenvalue weighted by Gasteiger charge is -2.34. The second-order valence-corrected chi connectivity index (χ2v) is 6.82. The van der Waals surface area contributed by atoms with Crippen LogP contribution in [0.5, 0.6) is 0 Å². The summed E-state index contributed by atoms with van der Waals surface area (Å²) in [5.41, 5.74) is 0. The van der Waals surface area contributed by atoms with Crippen LogP contribution in [0, 0.1) is 5.92 Å². The van der Waals surface area contributed by atoms with Gasteiger partial charge in [-0.1, -0.05) is 20.8 Å². The van der Waals surface area contributed by atoms with Gasteiger partial charge >= 0.3 is 0 Å². The van der Waals surface area contributed by atoms with E-state index in [4.69, 9.17) is 4.74 Å². The largest absolute Gasteiger partial charge is 0.374 e. The number of hydrogen-bond acceptors (Lipinski definition) is 5. The van der Waals surface area contributed by atoms with E-state index < -0.39 is 0 Å². The minimum absolute atomic E-state index is 0. The molecule has 0 saturated carbocycles. The van der Waals surface area contributed by atoms with Crippen LogP contribution in [0.4, 0.5) is 0 Å². The Bertz CT molecular complexity index is 535. The average Bonchev–Trinajstić information content (AvgIpc) is 3.05. The number of guanidine groups is 1. The molecule has 1 aromatic rings. The summed E-state index contributed by atoms with van der Waals surface area (Å²) >= 11 is 0. The van der Waals surface area contributed by atoms with Crippen molar-refractivity contribution < 1.29 is 4.74 Å². The molecule has 1 unspecified atom stereocenters. The fraction of sp³-hybridized carbons (Fsp3) is 0.824. The van der Waals surface area contributed by atoms with Gasteiger partial charge in [-0.3, -0.25) is 9.89 Å². The number of hydrogen-bond donors (Lipinski definition) is 2. The number of nitrogens with one attached hydrogen (secondary N) is 2. The molecule has 0 radical (unpaired) electrons. The number of ether oxygens (including phenoxy) is 1. The molecule has 1 atom stereocenters. The molecule has 0 amide bonds. The van der Waals surface area contributed by atoms with E-state index in [1.807, 2.05) is 0 Å². The Morgan fingerprint density at radius 3 is 2.92 bits per heavy atom. The zero-order valence-corrected chi connectivity index (χ0v) is 18.8. The van der Waals surface area contributed by atoms with E-state index in [2.05, 4.69) is 56.1 Å². The molecule has 1 aromatic heterocycles. The Morgan fingerprint density at radius 2 is 2.23 bits per heavy atom. The average molecular weight is 479 g/mol. The van der Waals surface area contributed by atoms with Crippen molar-refractivity contribution in [2.45, 2.75) is 39.8 Å². The predicted octanol–water partition coefficient (Wildman–Crippen LogP) is 0.980. The van der Waals surface area contributed by atoms with Crippen LogP contribution in [0.2, 0.25) is 0 Å². The van der Waals surface area contributed by atoms with Crippen molar-refractivity contribution in [3.05, 3.63) is 12.2 Å². The highest BCUT2D eigenvalue weighted by atomic mass is 127. The Hall–Kier alpha value is -0.940. The third kappa shape index (κ3) is 7.75. The molecule has 0 aromatic carbocycles. The zero-order valence-electron chi connectivity index (χ0n) is 16.4. The number of halogens is 1. The maximum absolute atomic E-state index is 5.87. The van der Waals surface area contributed by atoms with Gasteiger partial charge in [0.05, 0.1) is 12.7 Å². The lowest BCUT2D eigenvalue weighted by Crippen LogP contribution is -2.50. The molecular formula is C17H34IN7O. The molecule has 2 rings (SSSR count). The molecular weight excluding hydrogens is 445 g/mol. The highest BCUT2D eigenvalue weighted by molar-refractivity contribution is 14.0. The zero-order chi connectivity index (χ0) is 18.1. The number of morpholine rings is 1. The van der Waals surface area contributed by atoms with Gasteiger partial charge in [-0.15, -0.1) is 34.2 Å². The summed E-state index contributed by atoms with van der Waals surface area (Å²) in [6.45, 7) is 12.9. The molecule has 0 spiro atoms. The van der Waals surface area contributed by atoms with E-state index in [-0.39, 0.29) is 30.1 Å². The van der Waals surface area contributed by atoms with Gasteiger partial charge in [0, 0.05) is 52.7 Å². The summed E-state index contributed by atoms with van der Waals surface area (Å²) in [4.78, 5) is 6.77. The van der Waals surface area contributed by atoms with Gasteiger partial charge in [0.25, 0.3) is 0 Å². The molecule has 1 aliphatic heterocycles. The second kappa shape index (κ2) is 12.4. The van der Waals surface area contributed by atoms with Crippen molar-refractivity contribution in [1.29, 1.82) is 0 Å². The minimum Gasteiger partial charge on any atom is -0.374 e. The first kappa shape index (κ1) is 23.1. The molecule has 2 N–H and O–H groups in total. The van der Waals surface area contributed by atoms with Crippen LogP contribution in [0.15, 0.2) is 11.3 Å². The topological polar surface area (TPSA) is 79.6 Å². The van der Waals surface area contributed by atoms with E-state index in [1.165, 1.54) is 0 Å². The van der Waals surface area contributed by atoms with Crippen LogP contribution in [0.3, 0.4) is 0 Å². The lowest BCUT2D eigenvalue weighted by molar-refractivity contribution is -0.0284. The smallest absolute Gasteiger partial charge is 0.191 e. The van der Waals surface area contributed by atoms with Crippen LogP contribution in [-0.4, -0.2) is 78.1 Å². The first-order valence-corrected chi connectivity index (χ1v) is 9.27. The first-order chi connectivity index (χ1) is 12.1. The number of aromatic nitrogens is 3. The van der Waals surface area contributed by atoms with Crippen molar-refractivity contribution in [2.75, 3.05) is 46.4 Å². The van der Waals surface area contributed by atoms with Gasteiger partial charge in [0.1, 0.15) is 12.2 Å². The molecule has 26 heavy (non-hydrogen) atoms. The predicted molar refractivity (Wildman–Crippen MR) is 115 cm³/mol. The van der Waals surface area contributed by atoms with Gasteiger partial charge in [-0.25, -0.2) is 0 Å². The second-order valence-electron chi connectivity index (χ2n) is 6.82. The molecule has 8 nitrogen and oxygen atoms in total. The third-order valence-corrected chi connectivity index (χ3v) is 4.22. The van der Waals surface area contributed by atoms with Crippen LogP contribution >= 0.6 is 24.0 Å². The standard InChI is InChI=1S/C17H33N7O.HI/c1-5-16-22-21-13-24(16)7-6-19-17(18-4)20-10-15-12-23(8-9-25-15)11-14(2)3;/h13-15H,5-12H2,1-4H3,(H2,18,19,20);1H. The molecule has 0 bridgehead atoms. The highest BCUT2D eigenvalue weighted by Gasteiger charge is 2.21. The van der Waals surface area contributed by atoms with Crippen LogP contribution in [0.25, 0.3) is 0 Å². The number of nitrogens with zero attached hydrogens (tertiary/aromatic N) is 5. The van der Waals surface area contributed by atoms with Gasteiger partial charge < -0.3 is 19.9 Å². The number of rotatable bonds is 8. The van der Waals surface area contributed by atoms with Gasteiger partial charge in [0.15, 0.2) is 5.96 Å². The lowest BCUT2D eigenvalue weighted by atomic mass is 10.2. The SMILES string of the molecule is CCc1nncn1CCNC(=NC)NCC1CN(CC(C)C)CCO1.I. The van der Waals surface area contributed by atoms with Crippen LogP contribution in [0.1, 0.15) is 26.6 Å². The minimum atomic E-state index is 0. The van der Waals surface area contributed by atoms with Gasteiger partial charge in [-0.05, 0) is 5.92 Å². The van der Waals surface area contributed by atoms with Crippen molar-refractivity contribution in [3.63, 3.8) is 0 Å². The Balaban J connectivity index is 0.00000338. The van der Waals surface area contributed by atoms with E-state index in [9.17, 15) is 0 Å². The summed E-state index contributed by atoms with van der Waals surface area (Å²) in [6, 6.07) is 0. The maximum Gasteiger partial charge on any atom is 0.191 e. The van der Waals surface area contributed by atoms with E-state index in [1.54, 1.807) is 13.4 Å². The monoisotopic (exact) mass is 479 g/mol. The summed E-state index contributed by atoms with van der Waals surface area (Å²) in [5.74, 6) is 2.49. The van der Waals surface area contributed by atoms with Crippen molar-refractivity contribution in [3.8, 4) is 0 Å². The summed E-state index contributed by atoms with van der Waals surface area (Å²) in [6.07, 6.45) is 2.87. The molecule has 9 heteroatoms.